The van der Waals surface area contributed by atoms with Crippen molar-refractivity contribution in [3.8, 4) is 0 Å². The largest absolute Gasteiger partial charge is 0.388 e. The molecule has 0 bridgehead atoms. The number of aliphatic hydroxyl groups excluding tert-OH is 2. The van der Waals surface area contributed by atoms with E-state index in [1.54, 1.807) is 24.3 Å². The summed E-state index contributed by atoms with van der Waals surface area (Å²) < 4.78 is 5.54. The van der Waals surface area contributed by atoms with Crippen molar-refractivity contribution in [1.29, 1.82) is 0 Å². The van der Waals surface area contributed by atoms with Gasteiger partial charge in [0.2, 0.25) is 5.91 Å². The first kappa shape index (κ1) is 19.2. The molecule has 1 fully saturated rings. The van der Waals surface area contributed by atoms with Gasteiger partial charge in [-0.2, -0.15) is 0 Å². The Kier molecular flexibility index (Phi) is 6.74. The van der Waals surface area contributed by atoms with Crippen LogP contribution in [0.3, 0.4) is 0 Å². The minimum Gasteiger partial charge on any atom is -0.388 e. The van der Waals surface area contributed by atoms with Crippen LogP contribution in [0.15, 0.2) is 30.3 Å². The van der Waals surface area contributed by atoms with Gasteiger partial charge in [-0.05, 0) is 26.0 Å². The predicted molar refractivity (Wildman–Crippen MR) is 92.0 cm³/mol. The summed E-state index contributed by atoms with van der Waals surface area (Å²) >= 11 is 0. The molecule has 1 saturated heterocycles. The predicted octanol–water partition coefficient (Wildman–Crippen LogP) is 0.212. The van der Waals surface area contributed by atoms with Gasteiger partial charge in [-0.25, -0.2) is 4.79 Å². The van der Waals surface area contributed by atoms with E-state index in [0.29, 0.717) is 5.69 Å². The van der Waals surface area contributed by atoms with Gasteiger partial charge in [0.1, 0.15) is 18.3 Å². The number of nitrogens with one attached hydrogen (secondary N) is 3. The Bertz CT molecular complexity index is 581. The number of benzene rings is 1. The van der Waals surface area contributed by atoms with Crippen molar-refractivity contribution in [1.82, 2.24) is 10.6 Å². The second-order valence-electron chi connectivity index (χ2n) is 6.32. The highest BCUT2D eigenvalue weighted by molar-refractivity contribution is 5.89. The molecule has 1 aliphatic heterocycles. The number of anilines is 1. The van der Waals surface area contributed by atoms with Crippen molar-refractivity contribution >= 4 is 17.6 Å². The number of urea groups is 1. The van der Waals surface area contributed by atoms with Crippen molar-refractivity contribution in [2.75, 3.05) is 11.9 Å². The van der Waals surface area contributed by atoms with Gasteiger partial charge in [0.05, 0.1) is 12.5 Å². The van der Waals surface area contributed by atoms with Gasteiger partial charge in [0, 0.05) is 18.3 Å². The number of hydrogen-bond donors (Lipinski definition) is 5. The summed E-state index contributed by atoms with van der Waals surface area (Å²) in [5.41, 5.74) is 0.635. The Hall–Kier alpha value is -2.16. The lowest BCUT2D eigenvalue weighted by Gasteiger charge is -2.16. The van der Waals surface area contributed by atoms with E-state index >= 15 is 0 Å². The van der Waals surface area contributed by atoms with E-state index in [1.807, 2.05) is 19.9 Å². The van der Waals surface area contributed by atoms with Crippen LogP contribution in [0, 0.1) is 0 Å². The standard InChI is InChI=1S/C17H25N3O5/c1-10(2)19-14(21)8-12-15(22)16(23)13(25-12)9-18-17(24)20-11-6-4-3-5-7-11/h3-7,10,12-13,15-16,22-23H,8-9H2,1-2H3,(H,19,21)(H2,18,20,24). The summed E-state index contributed by atoms with van der Waals surface area (Å²) in [7, 11) is 0. The Morgan fingerprint density at radius 3 is 2.40 bits per heavy atom. The van der Waals surface area contributed by atoms with Crippen LogP contribution in [0.2, 0.25) is 0 Å². The quantitative estimate of drug-likeness (QED) is 0.502. The molecule has 4 unspecified atom stereocenters. The van der Waals surface area contributed by atoms with Gasteiger partial charge >= 0.3 is 6.03 Å². The fourth-order valence-corrected chi connectivity index (χ4v) is 2.62. The summed E-state index contributed by atoms with van der Waals surface area (Å²) in [4.78, 5) is 23.6. The van der Waals surface area contributed by atoms with Gasteiger partial charge < -0.3 is 30.9 Å². The molecule has 0 spiro atoms. The van der Waals surface area contributed by atoms with Crippen molar-refractivity contribution in [2.24, 2.45) is 0 Å². The number of carbonyl (C=O) groups is 2. The zero-order valence-electron chi connectivity index (χ0n) is 14.3. The normalized spacial score (nSPS) is 25.6. The van der Waals surface area contributed by atoms with Crippen molar-refractivity contribution in [3.63, 3.8) is 0 Å². The first-order valence-corrected chi connectivity index (χ1v) is 8.27. The molecular weight excluding hydrogens is 326 g/mol. The third kappa shape index (κ3) is 5.70. The van der Waals surface area contributed by atoms with Crippen LogP contribution in [0.1, 0.15) is 20.3 Å². The molecule has 8 nitrogen and oxygen atoms in total. The molecule has 3 amide bonds. The fraction of sp³-hybridized carbons (Fsp3) is 0.529. The summed E-state index contributed by atoms with van der Waals surface area (Å²) in [6, 6.07) is 8.45. The molecule has 1 aromatic rings. The molecule has 1 heterocycles. The van der Waals surface area contributed by atoms with E-state index in [2.05, 4.69) is 16.0 Å². The van der Waals surface area contributed by atoms with E-state index in [1.165, 1.54) is 0 Å². The molecule has 138 valence electrons. The topological polar surface area (TPSA) is 120 Å². The number of amides is 3. The Labute approximate surface area is 146 Å². The summed E-state index contributed by atoms with van der Waals surface area (Å²) in [5, 5.41) is 28.0. The Morgan fingerprint density at radius 2 is 1.76 bits per heavy atom. The molecule has 0 radical (unpaired) electrons. The summed E-state index contributed by atoms with van der Waals surface area (Å²) in [6.45, 7) is 3.67. The smallest absolute Gasteiger partial charge is 0.319 e. The molecule has 1 aromatic carbocycles. The monoisotopic (exact) mass is 351 g/mol. The van der Waals surface area contributed by atoms with Gasteiger partial charge in [0.25, 0.3) is 0 Å². The number of hydrogen-bond acceptors (Lipinski definition) is 5. The second-order valence-corrected chi connectivity index (χ2v) is 6.32. The molecule has 1 aliphatic rings. The van der Waals surface area contributed by atoms with Crippen LogP contribution in [0.25, 0.3) is 0 Å². The van der Waals surface area contributed by atoms with E-state index < -0.39 is 30.4 Å². The highest BCUT2D eigenvalue weighted by atomic mass is 16.5. The lowest BCUT2D eigenvalue weighted by atomic mass is 10.1. The third-order valence-corrected chi connectivity index (χ3v) is 3.79. The Morgan fingerprint density at radius 1 is 1.12 bits per heavy atom. The maximum atomic E-state index is 11.9. The zero-order chi connectivity index (χ0) is 18.4. The highest BCUT2D eigenvalue weighted by Gasteiger charge is 2.43. The molecule has 0 aliphatic carbocycles. The van der Waals surface area contributed by atoms with Crippen LogP contribution in [-0.2, 0) is 9.53 Å². The molecule has 0 saturated carbocycles. The second kappa shape index (κ2) is 8.80. The maximum absolute atomic E-state index is 11.9. The first-order valence-electron chi connectivity index (χ1n) is 8.27. The highest BCUT2D eigenvalue weighted by Crippen LogP contribution is 2.23. The number of para-hydroxylation sites is 1. The van der Waals surface area contributed by atoms with Crippen LogP contribution < -0.4 is 16.0 Å². The van der Waals surface area contributed by atoms with Crippen molar-refractivity contribution < 1.29 is 24.5 Å². The zero-order valence-corrected chi connectivity index (χ0v) is 14.3. The van der Waals surface area contributed by atoms with Gasteiger partial charge in [0.15, 0.2) is 0 Å². The maximum Gasteiger partial charge on any atom is 0.319 e. The SMILES string of the molecule is CC(C)NC(=O)CC1OC(CNC(=O)Nc2ccccc2)C(O)C1O. The molecule has 25 heavy (non-hydrogen) atoms. The number of carbonyl (C=O) groups excluding carboxylic acids is 2. The minimum absolute atomic E-state index is 0.0131. The van der Waals surface area contributed by atoms with Gasteiger partial charge in [-0.15, -0.1) is 0 Å². The molecular formula is C17H25N3O5. The average molecular weight is 351 g/mol. The first-order chi connectivity index (χ1) is 11.9. The average Bonchev–Trinajstić information content (AvgIpc) is 2.81. The lowest BCUT2D eigenvalue weighted by Crippen LogP contribution is -2.41. The van der Waals surface area contributed by atoms with Crippen molar-refractivity contribution in [3.05, 3.63) is 30.3 Å². The Balaban J connectivity index is 1.80. The lowest BCUT2D eigenvalue weighted by molar-refractivity contribution is -0.125. The van der Waals surface area contributed by atoms with E-state index in [9.17, 15) is 19.8 Å². The molecule has 2 rings (SSSR count). The van der Waals surface area contributed by atoms with E-state index in [4.69, 9.17) is 4.74 Å². The molecule has 5 N–H and O–H groups in total. The van der Waals surface area contributed by atoms with Crippen LogP contribution in [-0.4, -0.2) is 59.2 Å². The fourth-order valence-electron chi connectivity index (χ4n) is 2.62. The van der Waals surface area contributed by atoms with Crippen LogP contribution in [0.5, 0.6) is 0 Å². The summed E-state index contributed by atoms with van der Waals surface area (Å²) in [6.07, 6.45) is -4.00. The van der Waals surface area contributed by atoms with Crippen molar-refractivity contribution in [2.45, 2.75) is 50.7 Å². The van der Waals surface area contributed by atoms with Crippen LogP contribution in [0.4, 0.5) is 10.5 Å². The minimum atomic E-state index is -1.18. The number of rotatable bonds is 6. The van der Waals surface area contributed by atoms with E-state index in [0.717, 1.165) is 0 Å². The molecule has 0 aromatic heterocycles. The molecule has 8 heteroatoms. The molecule has 4 atom stereocenters. The number of aliphatic hydroxyl groups is 2. The van der Waals surface area contributed by atoms with Gasteiger partial charge in [-0.1, -0.05) is 18.2 Å². The third-order valence-electron chi connectivity index (χ3n) is 3.79. The van der Waals surface area contributed by atoms with Crippen LogP contribution >= 0.6 is 0 Å². The van der Waals surface area contributed by atoms with Gasteiger partial charge in [-0.3, -0.25) is 4.79 Å². The summed E-state index contributed by atoms with van der Waals surface area (Å²) in [5.74, 6) is -0.262. The van der Waals surface area contributed by atoms with E-state index in [-0.39, 0.29) is 24.9 Å². The number of ether oxygens (including phenoxy) is 1.